The number of halogens is 4. The quantitative estimate of drug-likeness (QED) is 0.748. The molecule has 0 atom stereocenters. The summed E-state index contributed by atoms with van der Waals surface area (Å²) in [5.74, 6) is 0. The molecule has 0 N–H and O–H groups in total. The molecular formula is C13H7ClF3N3. The van der Waals surface area contributed by atoms with Crippen LogP contribution in [0.2, 0.25) is 5.28 Å². The van der Waals surface area contributed by atoms with Crippen molar-refractivity contribution in [3.05, 3.63) is 46.4 Å². The van der Waals surface area contributed by atoms with Crippen molar-refractivity contribution in [1.29, 1.82) is 5.26 Å². The highest BCUT2D eigenvalue weighted by Gasteiger charge is 2.35. The zero-order valence-electron chi connectivity index (χ0n) is 10.2. The smallest absolute Gasteiger partial charge is 0.226 e. The molecule has 0 saturated heterocycles. The summed E-state index contributed by atoms with van der Waals surface area (Å²) in [5, 5.41) is 8.51. The molecule has 0 aliphatic carbocycles. The van der Waals surface area contributed by atoms with Crippen LogP contribution < -0.4 is 0 Å². The first kappa shape index (κ1) is 14.3. The van der Waals surface area contributed by atoms with Crippen LogP contribution in [0.1, 0.15) is 16.7 Å². The molecule has 1 aromatic carbocycles. The largest absolute Gasteiger partial charge is 0.419 e. The van der Waals surface area contributed by atoms with Crippen molar-refractivity contribution >= 4 is 11.6 Å². The fourth-order valence-corrected chi connectivity index (χ4v) is 1.91. The summed E-state index contributed by atoms with van der Waals surface area (Å²) in [4.78, 5) is 7.05. The van der Waals surface area contributed by atoms with Gasteiger partial charge < -0.3 is 0 Å². The topological polar surface area (TPSA) is 49.6 Å². The number of benzene rings is 1. The van der Waals surface area contributed by atoms with Gasteiger partial charge in [0, 0.05) is 11.8 Å². The molecule has 1 aromatic heterocycles. The van der Waals surface area contributed by atoms with E-state index in [-0.39, 0.29) is 16.5 Å². The fraction of sp³-hybridized carbons (Fsp3) is 0.154. The number of alkyl halides is 3. The van der Waals surface area contributed by atoms with Crippen LogP contribution in [0.5, 0.6) is 0 Å². The van der Waals surface area contributed by atoms with E-state index in [0.29, 0.717) is 17.3 Å². The molecule has 0 bridgehead atoms. The van der Waals surface area contributed by atoms with Crippen molar-refractivity contribution in [2.45, 2.75) is 13.1 Å². The Bertz CT molecular complexity index is 705. The van der Waals surface area contributed by atoms with Crippen LogP contribution in [-0.2, 0) is 6.18 Å². The molecule has 0 radical (unpaired) electrons. The van der Waals surface area contributed by atoms with E-state index < -0.39 is 11.7 Å². The number of aryl methyl sites for hydroxylation is 1. The Morgan fingerprint density at radius 1 is 1.30 bits per heavy atom. The van der Waals surface area contributed by atoms with E-state index in [0.717, 1.165) is 0 Å². The maximum Gasteiger partial charge on any atom is 0.419 e. The zero-order chi connectivity index (χ0) is 14.9. The van der Waals surface area contributed by atoms with Crippen LogP contribution >= 0.6 is 11.6 Å². The van der Waals surface area contributed by atoms with Gasteiger partial charge in [-0.1, -0.05) is 6.07 Å². The van der Waals surface area contributed by atoms with E-state index in [4.69, 9.17) is 16.9 Å². The van der Waals surface area contributed by atoms with E-state index in [9.17, 15) is 13.2 Å². The lowest BCUT2D eigenvalue weighted by atomic mass is 10.00. The van der Waals surface area contributed by atoms with Crippen LogP contribution in [0.3, 0.4) is 0 Å². The summed E-state index contributed by atoms with van der Waals surface area (Å²) in [6.07, 6.45) is -3.93. The summed E-state index contributed by atoms with van der Waals surface area (Å²) < 4.78 is 38.9. The van der Waals surface area contributed by atoms with Gasteiger partial charge in [0.15, 0.2) is 0 Å². The predicted octanol–water partition coefficient (Wildman–Crippen LogP) is 4.00. The van der Waals surface area contributed by atoms with E-state index >= 15 is 0 Å². The normalized spacial score (nSPS) is 11.2. The van der Waals surface area contributed by atoms with E-state index in [2.05, 4.69) is 9.97 Å². The van der Waals surface area contributed by atoms with E-state index in [1.54, 1.807) is 6.92 Å². The number of hydrogen-bond donors (Lipinski definition) is 0. The third kappa shape index (κ3) is 2.73. The molecule has 3 nitrogen and oxygen atoms in total. The van der Waals surface area contributed by atoms with E-state index in [1.807, 2.05) is 6.07 Å². The first-order valence-electron chi connectivity index (χ1n) is 5.44. The van der Waals surface area contributed by atoms with Gasteiger partial charge in [0.25, 0.3) is 0 Å². The highest BCUT2D eigenvalue weighted by molar-refractivity contribution is 6.28. The monoisotopic (exact) mass is 297 g/mol. The Hall–Kier alpha value is -2.13. The summed E-state index contributed by atoms with van der Waals surface area (Å²) in [6.45, 7) is 1.60. The van der Waals surface area contributed by atoms with Gasteiger partial charge in [-0.3, -0.25) is 0 Å². The van der Waals surface area contributed by atoms with Gasteiger partial charge in [-0.2, -0.15) is 18.4 Å². The van der Waals surface area contributed by atoms with Crippen molar-refractivity contribution in [2.24, 2.45) is 0 Å². The van der Waals surface area contributed by atoms with Gasteiger partial charge in [0.1, 0.15) is 5.56 Å². The Labute approximate surface area is 117 Å². The van der Waals surface area contributed by atoms with Crippen molar-refractivity contribution in [1.82, 2.24) is 9.97 Å². The summed E-state index contributed by atoms with van der Waals surface area (Å²) in [5.41, 5.74) is -0.126. The highest BCUT2D eigenvalue weighted by Crippen LogP contribution is 2.37. The molecule has 0 aliphatic rings. The van der Waals surface area contributed by atoms with Crippen molar-refractivity contribution < 1.29 is 13.2 Å². The second-order valence-corrected chi connectivity index (χ2v) is 4.38. The minimum absolute atomic E-state index is 0.264. The predicted molar refractivity (Wildman–Crippen MR) is 66.9 cm³/mol. The van der Waals surface area contributed by atoms with Crippen molar-refractivity contribution in [3.63, 3.8) is 0 Å². The number of aromatic nitrogens is 2. The number of nitrogens with zero attached hydrogens (tertiary/aromatic N) is 3. The second-order valence-electron chi connectivity index (χ2n) is 4.04. The van der Waals surface area contributed by atoms with Gasteiger partial charge in [0.2, 0.25) is 5.28 Å². The minimum atomic E-state index is -4.58. The van der Waals surface area contributed by atoms with Crippen LogP contribution in [0.4, 0.5) is 13.2 Å². The van der Waals surface area contributed by atoms with Crippen molar-refractivity contribution in [2.75, 3.05) is 0 Å². The first-order chi connectivity index (χ1) is 9.32. The van der Waals surface area contributed by atoms with Gasteiger partial charge in [-0.25, -0.2) is 9.97 Å². The fourth-order valence-electron chi connectivity index (χ4n) is 1.77. The number of nitriles is 1. The Morgan fingerprint density at radius 3 is 2.55 bits per heavy atom. The SMILES string of the molecule is Cc1cc(C#N)ccc1-c1nc(Cl)ncc1C(F)(F)F. The molecule has 2 aromatic rings. The average Bonchev–Trinajstić information content (AvgIpc) is 2.36. The van der Waals surface area contributed by atoms with Gasteiger partial charge >= 0.3 is 6.18 Å². The molecule has 0 fully saturated rings. The molecule has 0 amide bonds. The Balaban J connectivity index is 2.69. The summed E-state index contributed by atoms with van der Waals surface area (Å²) in [7, 11) is 0. The molecular weight excluding hydrogens is 291 g/mol. The summed E-state index contributed by atoms with van der Waals surface area (Å²) >= 11 is 5.59. The zero-order valence-corrected chi connectivity index (χ0v) is 10.9. The lowest BCUT2D eigenvalue weighted by Crippen LogP contribution is -2.10. The second kappa shape index (κ2) is 5.10. The number of hydrogen-bond acceptors (Lipinski definition) is 3. The number of rotatable bonds is 1. The standard InChI is InChI=1S/C13H7ClF3N3/c1-7-4-8(5-18)2-3-9(7)11-10(13(15,16)17)6-19-12(14)20-11/h2-4,6H,1H3. The van der Waals surface area contributed by atoms with Gasteiger partial charge in [0.05, 0.1) is 17.3 Å². The lowest BCUT2D eigenvalue weighted by Gasteiger charge is -2.13. The van der Waals surface area contributed by atoms with Gasteiger partial charge in [-0.15, -0.1) is 0 Å². The minimum Gasteiger partial charge on any atom is -0.226 e. The average molecular weight is 298 g/mol. The maximum atomic E-state index is 13.0. The maximum absolute atomic E-state index is 13.0. The van der Waals surface area contributed by atoms with Crippen LogP contribution in [0.15, 0.2) is 24.4 Å². The van der Waals surface area contributed by atoms with Crippen LogP contribution in [0.25, 0.3) is 11.3 Å². The van der Waals surface area contributed by atoms with Gasteiger partial charge in [-0.05, 0) is 36.2 Å². The summed E-state index contributed by atoms with van der Waals surface area (Å²) in [6, 6.07) is 6.26. The van der Waals surface area contributed by atoms with Crippen molar-refractivity contribution in [3.8, 4) is 17.3 Å². The molecule has 0 saturated carbocycles. The highest BCUT2D eigenvalue weighted by atomic mass is 35.5. The third-order valence-electron chi connectivity index (χ3n) is 2.68. The third-order valence-corrected chi connectivity index (χ3v) is 2.86. The molecule has 0 unspecified atom stereocenters. The molecule has 0 spiro atoms. The lowest BCUT2D eigenvalue weighted by molar-refractivity contribution is -0.137. The molecule has 1 heterocycles. The molecule has 0 aliphatic heterocycles. The van der Waals surface area contributed by atoms with Crippen LogP contribution in [0, 0.1) is 18.3 Å². The Morgan fingerprint density at radius 2 is 2.00 bits per heavy atom. The molecule has 7 heteroatoms. The Kier molecular flexibility index (Phi) is 3.64. The molecule has 2 rings (SSSR count). The molecule has 20 heavy (non-hydrogen) atoms. The molecule has 102 valence electrons. The van der Waals surface area contributed by atoms with E-state index in [1.165, 1.54) is 18.2 Å². The van der Waals surface area contributed by atoms with Crippen LogP contribution in [-0.4, -0.2) is 9.97 Å². The first-order valence-corrected chi connectivity index (χ1v) is 5.81.